The van der Waals surface area contributed by atoms with Crippen molar-refractivity contribution in [3.63, 3.8) is 0 Å². The van der Waals surface area contributed by atoms with E-state index >= 15 is 0 Å². The van der Waals surface area contributed by atoms with Crippen LogP contribution < -0.4 is 10.2 Å². The van der Waals surface area contributed by atoms with Crippen molar-refractivity contribution in [2.75, 3.05) is 11.9 Å². The van der Waals surface area contributed by atoms with Gasteiger partial charge >= 0.3 is 0 Å². The minimum absolute atomic E-state index is 0.106. The lowest BCUT2D eigenvalue weighted by atomic mass is 9.95. The van der Waals surface area contributed by atoms with Crippen molar-refractivity contribution in [3.8, 4) is 0 Å². The summed E-state index contributed by atoms with van der Waals surface area (Å²) in [5.74, 6) is 0. The Bertz CT molecular complexity index is 388. The van der Waals surface area contributed by atoms with Crippen molar-refractivity contribution in [3.05, 3.63) is 12.0 Å². The molecule has 1 aromatic rings. The molecular formula is C15H27N3O. The number of nitrogens with one attached hydrogen (secondary N) is 1. The van der Waals surface area contributed by atoms with Crippen LogP contribution >= 0.6 is 0 Å². The average molecular weight is 265 g/mol. The Kier molecular flexibility index (Phi) is 4.50. The van der Waals surface area contributed by atoms with Crippen LogP contribution in [0.2, 0.25) is 0 Å². The van der Waals surface area contributed by atoms with Gasteiger partial charge in [0.1, 0.15) is 6.26 Å². The Morgan fingerprint density at radius 1 is 1.32 bits per heavy atom. The van der Waals surface area contributed by atoms with Gasteiger partial charge in [-0.3, -0.25) is 0 Å². The van der Waals surface area contributed by atoms with Crippen molar-refractivity contribution in [1.29, 1.82) is 0 Å². The van der Waals surface area contributed by atoms with Gasteiger partial charge in [0.25, 0.3) is 6.01 Å². The fourth-order valence-corrected chi connectivity index (χ4v) is 2.52. The molecule has 4 heteroatoms. The van der Waals surface area contributed by atoms with Gasteiger partial charge in [-0.1, -0.05) is 19.3 Å². The van der Waals surface area contributed by atoms with Crippen LogP contribution in [0.1, 0.15) is 58.6 Å². The summed E-state index contributed by atoms with van der Waals surface area (Å²) in [6.45, 7) is 7.22. The molecule has 1 aliphatic rings. The summed E-state index contributed by atoms with van der Waals surface area (Å²) >= 11 is 0. The third-order valence-corrected chi connectivity index (χ3v) is 3.76. The number of nitrogens with zero attached hydrogens (tertiary/aromatic N) is 2. The molecule has 0 atom stereocenters. The van der Waals surface area contributed by atoms with Crippen LogP contribution in [0, 0.1) is 0 Å². The molecule has 1 fully saturated rings. The van der Waals surface area contributed by atoms with Gasteiger partial charge in [-0.25, -0.2) is 0 Å². The maximum Gasteiger partial charge on any atom is 0.297 e. The average Bonchev–Trinajstić information content (AvgIpc) is 2.84. The fourth-order valence-electron chi connectivity index (χ4n) is 2.52. The second kappa shape index (κ2) is 5.95. The quantitative estimate of drug-likeness (QED) is 0.906. The molecular weight excluding hydrogens is 238 g/mol. The Balaban J connectivity index is 1.92. The van der Waals surface area contributed by atoms with Gasteiger partial charge in [0, 0.05) is 25.2 Å². The van der Waals surface area contributed by atoms with Crippen LogP contribution in [0.4, 0.5) is 6.01 Å². The van der Waals surface area contributed by atoms with E-state index in [0.717, 1.165) is 18.3 Å². The highest BCUT2D eigenvalue weighted by molar-refractivity contribution is 5.27. The first-order valence-corrected chi connectivity index (χ1v) is 7.38. The normalized spacial score (nSPS) is 17.7. The van der Waals surface area contributed by atoms with Gasteiger partial charge in [0.2, 0.25) is 0 Å². The summed E-state index contributed by atoms with van der Waals surface area (Å²) < 4.78 is 5.62. The molecule has 1 aromatic heterocycles. The van der Waals surface area contributed by atoms with Crippen LogP contribution in [0.25, 0.3) is 0 Å². The van der Waals surface area contributed by atoms with Crippen LogP contribution in [0.15, 0.2) is 10.7 Å². The van der Waals surface area contributed by atoms with E-state index in [4.69, 9.17) is 4.42 Å². The van der Waals surface area contributed by atoms with Gasteiger partial charge in [0.05, 0.1) is 5.69 Å². The van der Waals surface area contributed by atoms with Crippen LogP contribution in [0.3, 0.4) is 0 Å². The van der Waals surface area contributed by atoms with Gasteiger partial charge in [-0.15, -0.1) is 0 Å². The summed E-state index contributed by atoms with van der Waals surface area (Å²) in [6.07, 6.45) is 8.31. The second-order valence-corrected chi connectivity index (χ2v) is 6.63. The highest BCUT2D eigenvalue weighted by Gasteiger charge is 2.21. The number of anilines is 1. The molecule has 0 aliphatic heterocycles. The summed E-state index contributed by atoms with van der Waals surface area (Å²) in [6, 6.07) is 1.36. The van der Waals surface area contributed by atoms with Gasteiger partial charge in [-0.05, 0) is 33.6 Å². The number of hydrogen-bond donors (Lipinski definition) is 1. The summed E-state index contributed by atoms with van der Waals surface area (Å²) in [5, 5.41) is 3.43. The fraction of sp³-hybridized carbons (Fsp3) is 0.800. The molecule has 1 N–H and O–H groups in total. The minimum Gasteiger partial charge on any atom is -0.432 e. The predicted molar refractivity (Wildman–Crippen MR) is 78.4 cm³/mol. The third kappa shape index (κ3) is 4.23. The lowest BCUT2D eigenvalue weighted by molar-refractivity contribution is 0.405. The molecule has 0 amide bonds. The lowest BCUT2D eigenvalue weighted by Gasteiger charge is -2.29. The zero-order valence-corrected chi connectivity index (χ0v) is 12.7. The molecule has 0 unspecified atom stereocenters. The summed E-state index contributed by atoms with van der Waals surface area (Å²) in [4.78, 5) is 6.79. The molecule has 1 aliphatic carbocycles. The first-order valence-electron chi connectivity index (χ1n) is 7.38. The van der Waals surface area contributed by atoms with Crippen molar-refractivity contribution < 1.29 is 4.42 Å². The van der Waals surface area contributed by atoms with Crippen LogP contribution in [0.5, 0.6) is 0 Å². The smallest absolute Gasteiger partial charge is 0.297 e. The molecule has 19 heavy (non-hydrogen) atoms. The summed E-state index contributed by atoms with van der Waals surface area (Å²) in [5.41, 5.74) is 1.08. The van der Waals surface area contributed by atoms with Crippen molar-refractivity contribution in [2.24, 2.45) is 0 Å². The molecule has 0 saturated heterocycles. The molecule has 1 heterocycles. The van der Waals surface area contributed by atoms with Crippen LogP contribution in [-0.2, 0) is 6.54 Å². The van der Waals surface area contributed by atoms with E-state index < -0.39 is 0 Å². The largest absolute Gasteiger partial charge is 0.432 e. The SMILES string of the molecule is CN(c1nc(CNC(C)(C)C)co1)C1CCCCC1. The van der Waals surface area contributed by atoms with Crippen molar-refractivity contribution in [1.82, 2.24) is 10.3 Å². The van der Waals surface area contributed by atoms with Gasteiger partial charge in [0.15, 0.2) is 0 Å². The third-order valence-electron chi connectivity index (χ3n) is 3.76. The Labute approximate surface area is 116 Å². The first kappa shape index (κ1) is 14.4. The molecule has 0 spiro atoms. The molecule has 4 nitrogen and oxygen atoms in total. The number of hydrogen-bond acceptors (Lipinski definition) is 4. The zero-order valence-electron chi connectivity index (χ0n) is 12.7. The Morgan fingerprint density at radius 3 is 2.63 bits per heavy atom. The van der Waals surface area contributed by atoms with E-state index in [1.165, 1.54) is 32.1 Å². The second-order valence-electron chi connectivity index (χ2n) is 6.63. The maximum atomic E-state index is 5.62. The van der Waals surface area contributed by atoms with Gasteiger partial charge in [-0.2, -0.15) is 4.98 Å². The molecule has 1 saturated carbocycles. The molecule has 0 bridgehead atoms. The van der Waals surface area contributed by atoms with E-state index in [2.05, 4.69) is 43.0 Å². The Morgan fingerprint density at radius 2 is 2.00 bits per heavy atom. The van der Waals surface area contributed by atoms with Crippen molar-refractivity contribution in [2.45, 2.75) is 71.0 Å². The van der Waals surface area contributed by atoms with E-state index in [9.17, 15) is 0 Å². The minimum atomic E-state index is 0.106. The topological polar surface area (TPSA) is 41.3 Å². The monoisotopic (exact) mass is 265 g/mol. The lowest BCUT2D eigenvalue weighted by Crippen LogP contribution is -2.35. The van der Waals surface area contributed by atoms with E-state index in [-0.39, 0.29) is 5.54 Å². The molecule has 0 aromatic carbocycles. The van der Waals surface area contributed by atoms with Crippen LogP contribution in [-0.4, -0.2) is 23.6 Å². The molecule has 2 rings (SSSR count). The van der Waals surface area contributed by atoms with Gasteiger partial charge < -0.3 is 14.6 Å². The Hall–Kier alpha value is -1.03. The standard InChI is InChI=1S/C15H27N3O/c1-15(2,3)16-10-12-11-19-14(17-12)18(4)13-8-6-5-7-9-13/h11,13,16H,5-10H2,1-4H3. The number of oxazole rings is 1. The van der Waals surface area contributed by atoms with Crippen molar-refractivity contribution >= 4 is 6.01 Å². The number of rotatable bonds is 4. The maximum absolute atomic E-state index is 5.62. The van der Waals surface area contributed by atoms with E-state index in [1.807, 2.05) is 0 Å². The highest BCUT2D eigenvalue weighted by Crippen LogP contribution is 2.25. The predicted octanol–water partition coefficient (Wildman–Crippen LogP) is 3.33. The zero-order chi connectivity index (χ0) is 13.9. The molecule has 0 radical (unpaired) electrons. The number of aromatic nitrogens is 1. The van der Waals surface area contributed by atoms with E-state index in [1.54, 1.807) is 6.26 Å². The van der Waals surface area contributed by atoms with E-state index in [0.29, 0.717) is 6.04 Å². The highest BCUT2D eigenvalue weighted by atomic mass is 16.4. The first-order chi connectivity index (χ1) is 8.96. The molecule has 108 valence electrons. The summed E-state index contributed by atoms with van der Waals surface area (Å²) in [7, 11) is 2.10.